The van der Waals surface area contributed by atoms with Crippen LogP contribution < -0.4 is 10.1 Å². The summed E-state index contributed by atoms with van der Waals surface area (Å²) in [5, 5.41) is 5.44. The molecule has 2 aromatic rings. The molecule has 1 aliphatic heterocycles. The summed E-state index contributed by atoms with van der Waals surface area (Å²) in [6, 6.07) is 11.9. The lowest BCUT2D eigenvalue weighted by Gasteiger charge is -2.36. The van der Waals surface area contributed by atoms with E-state index >= 15 is 0 Å². The first-order valence-corrected chi connectivity index (χ1v) is 12.6. The Balaban J connectivity index is 1.50. The van der Waals surface area contributed by atoms with E-state index in [1.54, 1.807) is 18.4 Å². The largest absolute Gasteiger partial charge is 0.497 e. The maximum atomic E-state index is 13.6. The fourth-order valence-electron chi connectivity index (χ4n) is 5.40. The lowest BCUT2D eigenvalue weighted by Crippen LogP contribution is -2.36. The Morgan fingerprint density at radius 3 is 2.67 bits per heavy atom. The predicted molar refractivity (Wildman–Crippen MR) is 128 cm³/mol. The molecule has 5 nitrogen and oxygen atoms in total. The van der Waals surface area contributed by atoms with E-state index < -0.39 is 0 Å². The highest BCUT2D eigenvalue weighted by Crippen LogP contribution is 2.47. The molecule has 0 amide bonds. The van der Waals surface area contributed by atoms with Crippen LogP contribution in [-0.2, 0) is 14.3 Å². The van der Waals surface area contributed by atoms with Crippen molar-refractivity contribution in [1.82, 2.24) is 5.32 Å². The number of Topliss-reactive ketones (excluding diaryl/α,β-unsaturated/α-hetero) is 1. The van der Waals surface area contributed by atoms with Crippen LogP contribution in [-0.4, -0.2) is 25.0 Å². The summed E-state index contributed by atoms with van der Waals surface area (Å²) in [6.07, 6.45) is 5.16. The minimum absolute atomic E-state index is 0.0170. The molecule has 1 fully saturated rings. The molecule has 0 saturated heterocycles. The number of benzene rings is 1. The molecular formula is C27H29NO4S. The Bertz CT molecular complexity index is 1120. The number of hydrogen-bond donors (Lipinski definition) is 1. The molecule has 1 aromatic carbocycles. The van der Waals surface area contributed by atoms with Crippen LogP contribution >= 0.6 is 11.3 Å². The molecule has 172 valence electrons. The van der Waals surface area contributed by atoms with E-state index in [0.29, 0.717) is 12.0 Å². The standard InChI is InChI=1S/C27H29NO4S/c1-16-24(27(30)32-19-8-3-4-9-19)26(23-11-6-12-33-23)25-21(28-16)14-18(15-22(25)29)17-7-5-10-20(13-17)31-2/h5-7,10-13,18-19,26,28H,3-4,8-9,14-15H2,1-2H3/t18-,26-/m1/s1. The maximum absolute atomic E-state index is 13.6. The van der Waals surface area contributed by atoms with Crippen molar-refractivity contribution in [3.63, 3.8) is 0 Å². The molecule has 33 heavy (non-hydrogen) atoms. The van der Waals surface area contributed by atoms with E-state index in [9.17, 15) is 9.59 Å². The van der Waals surface area contributed by atoms with Gasteiger partial charge >= 0.3 is 5.97 Å². The smallest absolute Gasteiger partial charge is 0.337 e. The summed E-state index contributed by atoms with van der Waals surface area (Å²) in [6.45, 7) is 1.93. The number of allylic oxidation sites excluding steroid dienone is 3. The second-order valence-electron chi connectivity index (χ2n) is 9.12. The Labute approximate surface area is 198 Å². The molecule has 2 atom stereocenters. The topological polar surface area (TPSA) is 64.6 Å². The second kappa shape index (κ2) is 9.18. The SMILES string of the molecule is COc1cccc([C@H]2CC(=O)C3=C(C2)NC(C)=C(C(=O)OC2CCCC2)[C@H]3c2cccs2)c1. The number of dihydropyridines is 1. The molecule has 0 unspecified atom stereocenters. The number of ether oxygens (including phenoxy) is 2. The fourth-order valence-corrected chi connectivity index (χ4v) is 6.25. The lowest BCUT2D eigenvalue weighted by molar-refractivity contribution is -0.144. The van der Waals surface area contributed by atoms with Crippen LogP contribution in [0.15, 0.2) is 64.3 Å². The first kappa shape index (κ1) is 22.0. The van der Waals surface area contributed by atoms with Crippen molar-refractivity contribution in [1.29, 1.82) is 0 Å². The van der Waals surface area contributed by atoms with Crippen molar-refractivity contribution in [2.45, 2.75) is 63.4 Å². The number of ketones is 1. The third kappa shape index (κ3) is 4.24. The van der Waals surface area contributed by atoms with E-state index in [1.165, 1.54) is 0 Å². The third-order valence-corrected chi connectivity index (χ3v) is 7.95. The van der Waals surface area contributed by atoms with Crippen LogP contribution in [0.5, 0.6) is 5.75 Å². The average molecular weight is 464 g/mol. The third-order valence-electron chi connectivity index (χ3n) is 7.02. The van der Waals surface area contributed by atoms with Gasteiger partial charge in [-0.25, -0.2) is 4.79 Å². The minimum Gasteiger partial charge on any atom is -0.497 e. The van der Waals surface area contributed by atoms with Gasteiger partial charge < -0.3 is 14.8 Å². The van der Waals surface area contributed by atoms with E-state index in [0.717, 1.165) is 65.3 Å². The Kier molecular flexibility index (Phi) is 6.11. The van der Waals surface area contributed by atoms with Gasteiger partial charge in [0.2, 0.25) is 0 Å². The molecule has 1 aromatic heterocycles. The van der Waals surface area contributed by atoms with E-state index in [-0.39, 0.29) is 29.7 Å². The van der Waals surface area contributed by atoms with Crippen LogP contribution in [0.1, 0.15) is 67.7 Å². The maximum Gasteiger partial charge on any atom is 0.337 e. The molecular weight excluding hydrogens is 434 g/mol. The summed E-state index contributed by atoms with van der Waals surface area (Å²) in [7, 11) is 1.65. The van der Waals surface area contributed by atoms with Gasteiger partial charge in [-0.3, -0.25) is 4.79 Å². The summed E-state index contributed by atoms with van der Waals surface area (Å²) in [5.74, 6) is 0.297. The number of nitrogens with one attached hydrogen (secondary N) is 1. The molecule has 1 saturated carbocycles. The number of hydrogen-bond acceptors (Lipinski definition) is 6. The number of methoxy groups -OCH3 is 1. The summed E-state index contributed by atoms with van der Waals surface area (Å²) < 4.78 is 11.3. The highest BCUT2D eigenvalue weighted by Gasteiger charge is 2.42. The summed E-state index contributed by atoms with van der Waals surface area (Å²) in [4.78, 5) is 27.9. The van der Waals surface area contributed by atoms with Crippen LogP contribution in [0.3, 0.4) is 0 Å². The molecule has 3 aliphatic rings. The lowest BCUT2D eigenvalue weighted by atomic mass is 9.73. The number of thiophene rings is 1. The van der Waals surface area contributed by atoms with Crippen molar-refractivity contribution >= 4 is 23.1 Å². The quantitative estimate of drug-likeness (QED) is 0.585. The van der Waals surface area contributed by atoms with E-state index in [1.807, 2.05) is 42.6 Å². The monoisotopic (exact) mass is 463 g/mol. The molecule has 0 spiro atoms. The molecule has 2 heterocycles. The van der Waals surface area contributed by atoms with Crippen molar-refractivity contribution in [2.24, 2.45) is 0 Å². The first-order valence-electron chi connectivity index (χ1n) is 11.7. The van der Waals surface area contributed by atoms with Crippen LogP contribution in [0, 0.1) is 0 Å². The van der Waals surface area contributed by atoms with Gasteiger partial charge in [0, 0.05) is 28.3 Å². The van der Waals surface area contributed by atoms with Crippen molar-refractivity contribution in [3.8, 4) is 5.75 Å². The van der Waals surface area contributed by atoms with E-state index in [4.69, 9.17) is 9.47 Å². The predicted octanol–water partition coefficient (Wildman–Crippen LogP) is 5.60. The highest BCUT2D eigenvalue weighted by atomic mass is 32.1. The highest BCUT2D eigenvalue weighted by molar-refractivity contribution is 7.10. The Morgan fingerprint density at radius 2 is 1.94 bits per heavy atom. The second-order valence-corrected chi connectivity index (χ2v) is 10.1. The normalized spacial score (nSPS) is 23.4. The molecule has 0 bridgehead atoms. The summed E-state index contributed by atoms with van der Waals surface area (Å²) in [5.41, 5.74) is 4.11. The summed E-state index contributed by atoms with van der Waals surface area (Å²) >= 11 is 1.58. The Hall–Kier alpha value is -2.86. The van der Waals surface area contributed by atoms with Gasteiger partial charge in [0.15, 0.2) is 5.78 Å². The van der Waals surface area contributed by atoms with Gasteiger partial charge in [0.25, 0.3) is 0 Å². The molecule has 6 heteroatoms. The zero-order valence-corrected chi connectivity index (χ0v) is 19.9. The van der Waals surface area contributed by atoms with Crippen molar-refractivity contribution < 1.29 is 19.1 Å². The number of esters is 1. The minimum atomic E-state index is -0.367. The van der Waals surface area contributed by atoms with Gasteiger partial charge in [-0.1, -0.05) is 18.2 Å². The van der Waals surface area contributed by atoms with Gasteiger partial charge in [-0.2, -0.15) is 0 Å². The molecule has 1 N–H and O–H groups in total. The zero-order chi connectivity index (χ0) is 22.9. The Morgan fingerprint density at radius 1 is 1.12 bits per heavy atom. The van der Waals surface area contributed by atoms with Gasteiger partial charge in [-0.15, -0.1) is 11.3 Å². The zero-order valence-electron chi connectivity index (χ0n) is 19.1. The van der Waals surface area contributed by atoms with Crippen molar-refractivity contribution in [3.05, 3.63) is 74.8 Å². The first-order chi connectivity index (χ1) is 16.0. The number of carbonyl (C=O) groups excluding carboxylic acids is 2. The molecule has 2 aliphatic carbocycles. The molecule has 0 radical (unpaired) electrons. The van der Waals surface area contributed by atoms with Crippen LogP contribution in [0.2, 0.25) is 0 Å². The fraction of sp³-hybridized carbons (Fsp3) is 0.407. The van der Waals surface area contributed by atoms with Crippen LogP contribution in [0.25, 0.3) is 0 Å². The van der Waals surface area contributed by atoms with E-state index in [2.05, 4.69) is 11.4 Å². The average Bonchev–Trinajstić information content (AvgIpc) is 3.52. The number of carbonyl (C=O) groups is 2. The van der Waals surface area contributed by atoms with Gasteiger partial charge in [0.05, 0.1) is 18.6 Å². The molecule has 5 rings (SSSR count). The van der Waals surface area contributed by atoms with Gasteiger partial charge in [-0.05, 0) is 74.1 Å². The van der Waals surface area contributed by atoms with Crippen molar-refractivity contribution in [2.75, 3.05) is 7.11 Å². The van der Waals surface area contributed by atoms with Crippen LogP contribution in [0.4, 0.5) is 0 Å². The van der Waals surface area contributed by atoms with Gasteiger partial charge in [0.1, 0.15) is 11.9 Å². The number of rotatable bonds is 5.